The molecule has 2 N–H and O–H groups in total. The summed E-state index contributed by atoms with van der Waals surface area (Å²) in [6.07, 6.45) is 0.831. The Kier molecular flexibility index (Phi) is 6.98. The standard InChI is InChI=1S/C26H30FN5O4S/c1-31-13-11-19(18(27)15-31)29-25-8-4-7-22-26(24-16-36-24)21(30-32(22)25)6-5-12-28-20-10-9-17(37(3,33)34)14-23(20)35-2/h4,7-10,14,18-19,24,28-29H,11-13,15-16H2,1-3H3/t18-,19+,24-/m0/s1. The number of sulfone groups is 1. The van der Waals surface area contributed by atoms with E-state index in [2.05, 4.69) is 22.5 Å². The number of pyridine rings is 1. The fourth-order valence-corrected chi connectivity index (χ4v) is 5.18. The predicted molar refractivity (Wildman–Crippen MR) is 140 cm³/mol. The molecule has 37 heavy (non-hydrogen) atoms. The third kappa shape index (κ3) is 5.51. The van der Waals surface area contributed by atoms with Crippen LogP contribution in [-0.2, 0) is 14.6 Å². The Morgan fingerprint density at radius 2 is 2.11 bits per heavy atom. The molecule has 2 aliphatic heterocycles. The van der Waals surface area contributed by atoms with Gasteiger partial charge in [-0.25, -0.2) is 17.3 Å². The van der Waals surface area contributed by atoms with Crippen molar-refractivity contribution in [3.8, 4) is 17.6 Å². The van der Waals surface area contributed by atoms with E-state index in [9.17, 15) is 12.8 Å². The number of nitrogens with zero attached hydrogens (tertiary/aromatic N) is 3. The number of piperidine rings is 1. The van der Waals surface area contributed by atoms with Crippen molar-refractivity contribution < 1.29 is 22.3 Å². The highest BCUT2D eigenvalue weighted by Crippen LogP contribution is 2.36. The summed E-state index contributed by atoms with van der Waals surface area (Å²) in [7, 11) is 0.0771. The van der Waals surface area contributed by atoms with Gasteiger partial charge in [0.25, 0.3) is 0 Å². The Labute approximate surface area is 215 Å². The van der Waals surface area contributed by atoms with E-state index in [1.165, 1.54) is 19.2 Å². The third-order valence-corrected chi connectivity index (χ3v) is 7.71. The summed E-state index contributed by atoms with van der Waals surface area (Å²) in [6, 6.07) is 10.2. The van der Waals surface area contributed by atoms with E-state index in [1.807, 2.05) is 30.1 Å². The van der Waals surface area contributed by atoms with Gasteiger partial charge in [0, 0.05) is 31.0 Å². The number of aromatic nitrogens is 2. The van der Waals surface area contributed by atoms with E-state index in [4.69, 9.17) is 14.6 Å². The van der Waals surface area contributed by atoms with Crippen LogP contribution < -0.4 is 15.4 Å². The molecule has 2 aromatic heterocycles. The molecule has 0 aliphatic carbocycles. The number of anilines is 2. The van der Waals surface area contributed by atoms with Gasteiger partial charge >= 0.3 is 0 Å². The summed E-state index contributed by atoms with van der Waals surface area (Å²) in [6.45, 7) is 2.13. The number of hydrogen-bond acceptors (Lipinski definition) is 8. The molecule has 4 heterocycles. The first-order valence-corrected chi connectivity index (χ1v) is 14.0. The number of epoxide rings is 1. The van der Waals surface area contributed by atoms with Crippen molar-refractivity contribution in [1.29, 1.82) is 0 Å². The monoisotopic (exact) mass is 527 g/mol. The summed E-state index contributed by atoms with van der Waals surface area (Å²) in [5.41, 5.74) is 3.05. The number of halogens is 1. The maximum absolute atomic E-state index is 14.7. The topological polar surface area (TPSA) is 100 Å². The van der Waals surface area contributed by atoms with Crippen LogP contribution in [-0.4, -0.2) is 81.8 Å². The van der Waals surface area contributed by atoms with Crippen molar-refractivity contribution in [3.05, 3.63) is 47.7 Å². The zero-order valence-electron chi connectivity index (χ0n) is 21.0. The lowest BCUT2D eigenvalue weighted by Crippen LogP contribution is -2.46. The Hall–Kier alpha value is -3.33. The molecule has 11 heteroatoms. The molecule has 196 valence electrons. The molecule has 2 fully saturated rings. The Morgan fingerprint density at radius 3 is 2.81 bits per heavy atom. The van der Waals surface area contributed by atoms with Crippen LogP contribution in [0, 0.1) is 11.8 Å². The molecule has 0 amide bonds. The van der Waals surface area contributed by atoms with Gasteiger partial charge in [0.1, 0.15) is 29.5 Å². The molecule has 0 spiro atoms. The fourth-order valence-electron chi connectivity index (χ4n) is 4.55. The second-order valence-electron chi connectivity index (χ2n) is 9.40. The number of alkyl halides is 1. The minimum atomic E-state index is -3.34. The first-order chi connectivity index (χ1) is 17.7. The van der Waals surface area contributed by atoms with Gasteiger partial charge in [0.2, 0.25) is 0 Å². The number of rotatable bonds is 7. The molecule has 0 radical (unpaired) electrons. The van der Waals surface area contributed by atoms with Crippen LogP contribution in [0.2, 0.25) is 0 Å². The average Bonchev–Trinajstić information content (AvgIpc) is 3.63. The second-order valence-corrected chi connectivity index (χ2v) is 11.4. The van der Waals surface area contributed by atoms with Crippen LogP contribution in [0.4, 0.5) is 15.9 Å². The summed E-state index contributed by atoms with van der Waals surface area (Å²) in [5.74, 6) is 7.37. The first kappa shape index (κ1) is 25.3. The lowest BCUT2D eigenvalue weighted by Gasteiger charge is -2.33. The van der Waals surface area contributed by atoms with Gasteiger partial charge in [-0.2, -0.15) is 5.10 Å². The largest absolute Gasteiger partial charge is 0.495 e. The molecule has 1 aromatic carbocycles. The minimum absolute atomic E-state index is 0.0640. The SMILES string of the molecule is COc1cc(S(C)(=O)=O)ccc1NCC#Cc1nn2c(N[C@@H]3CCN(C)C[C@@H]3F)cccc2c1[C@@H]1CO1. The Bertz CT molecular complexity index is 1480. The van der Waals surface area contributed by atoms with E-state index in [0.29, 0.717) is 36.7 Å². The maximum atomic E-state index is 14.7. The summed E-state index contributed by atoms with van der Waals surface area (Å²) in [4.78, 5) is 2.18. The number of nitrogens with one attached hydrogen (secondary N) is 2. The van der Waals surface area contributed by atoms with E-state index in [0.717, 1.165) is 29.7 Å². The maximum Gasteiger partial charge on any atom is 0.175 e. The minimum Gasteiger partial charge on any atom is -0.495 e. The lowest BCUT2D eigenvalue weighted by atomic mass is 10.0. The lowest BCUT2D eigenvalue weighted by molar-refractivity contribution is 0.149. The van der Waals surface area contributed by atoms with Crippen LogP contribution in [0.15, 0.2) is 41.3 Å². The van der Waals surface area contributed by atoms with Gasteiger partial charge in [-0.3, -0.25) is 0 Å². The zero-order chi connectivity index (χ0) is 26.2. The van der Waals surface area contributed by atoms with Gasteiger partial charge in [-0.15, -0.1) is 0 Å². The van der Waals surface area contributed by atoms with Gasteiger partial charge in [-0.05, 0) is 43.7 Å². The molecule has 3 aromatic rings. The fraction of sp³-hybridized carbons (Fsp3) is 0.423. The van der Waals surface area contributed by atoms with E-state index >= 15 is 0 Å². The molecular weight excluding hydrogens is 497 g/mol. The van der Waals surface area contributed by atoms with Crippen molar-refractivity contribution in [2.75, 3.05) is 57.3 Å². The molecular formula is C26H30FN5O4S. The van der Waals surface area contributed by atoms with Gasteiger partial charge in [0.15, 0.2) is 9.84 Å². The molecule has 9 nitrogen and oxygen atoms in total. The number of methoxy groups -OCH3 is 1. The number of likely N-dealkylation sites (tertiary alicyclic amines) is 1. The smallest absolute Gasteiger partial charge is 0.175 e. The highest BCUT2D eigenvalue weighted by molar-refractivity contribution is 7.90. The van der Waals surface area contributed by atoms with Gasteiger partial charge in [0.05, 0.1) is 42.4 Å². The van der Waals surface area contributed by atoms with E-state index in [1.54, 1.807) is 10.6 Å². The zero-order valence-corrected chi connectivity index (χ0v) is 21.8. The van der Waals surface area contributed by atoms with Crippen LogP contribution in [0.25, 0.3) is 5.52 Å². The highest BCUT2D eigenvalue weighted by Gasteiger charge is 2.33. The number of ether oxygens (including phenoxy) is 2. The van der Waals surface area contributed by atoms with E-state index in [-0.39, 0.29) is 23.6 Å². The van der Waals surface area contributed by atoms with Crippen LogP contribution >= 0.6 is 0 Å². The van der Waals surface area contributed by atoms with Crippen LogP contribution in [0.5, 0.6) is 5.75 Å². The molecule has 0 saturated carbocycles. The van der Waals surface area contributed by atoms with Gasteiger partial charge in [-0.1, -0.05) is 12.0 Å². The second kappa shape index (κ2) is 10.2. The van der Waals surface area contributed by atoms with Crippen molar-refractivity contribution in [2.24, 2.45) is 0 Å². The predicted octanol–water partition coefficient (Wildman–Crippen LogP) is 2.74. The summed E-state index contributed by atoms with van der Waals surface area (Å²) < 4.78 is 51.0. The van der Waals surface area contributed by atoms with Crippen LogP contribution in [0.3, 0.4) is 0 Å². The van der Waals surface area contributed by atoms with Crippen LogP contribution in [0.1, 0.15) is 23.8 Å². The highest BCUT2D eigenvalue weighted by atomic mass is 32.2. The number of benzene rings is 1. The normalized spacial score (nSPS) is 21.8. The average molecular weight is 528 g/mol. The van der Waals surface area contributed by atoms with Crippen molar-refractivity contribution in [3.63, 3.8) is 0 Å². The Morgan fingerprint density at radius 1 is 1.30 bits per heavy atom. The molecule has 5 rings (SSSR count). The first-order valence-electron chi connectivity index (χ1n) is 12.1. The summed E-state index contributed by atoms with van der Waals surface area (Å²) >= 11 is 0. The molecule has 3 atom stereocenters. The van der Waals surface area contributed by atoms with E-state index < -0.39 is 16.0 Å². The summed E-state index contributed by atoms with van der Waals surface area (Å²) in [5, 5.41) is 11.3. The number of hydrogen-bond donors (Lipinski definition) is 2. The van der Waals surface area contributed by atoms with Crippen molar-refractivity contribution in [2.45, 2.75) is 29.6 Å². The van der Waals surface area contributed by atoms with Crippen molar-refractivity contribution in [1.82, 2.24) is 14.5 Å². The molecule has 0 bridgehead atoms. The Balaban J connectivity index is 1.37. The van der Waals surface area contributed by atoms with Gasteiger partial charge < -0.3 is 25.0 Å². The van der Waals surface area contributed by atoms with Crippen molar-refractivity contribution >= 4 is 26.9 Å². The molecule has 0 unspecified atom stereocenters. The third-order valence-electron chi connectivity index (χ3n) is 6.60. The molecule has 2 aliphatic rings. The number of fused-ring (bicyclic) bond motifs is 1. The molecule has 2 saturated heterocycles. The quantitative estimate of drug-likeness (QED) is 0.358.